The van der Waals surface area contributed by atoms with E-state index in [9.17, 15) is 24.3 Å². The van der Waals surface area contributed by atoms with E-state index in [1.54, 1.807) is 31.2 Å². The van der Waals surface area contributed by atoms with Crippen LogP contribution in [0.3, 0.4) is 0 Å². The van der Waals surface area contributed by atoms with Crippen molar-refractivity contribution in [2.24, 2.45) is 0 Å². The minimum absolute atomic E-state index is 0.0132. The van der Waals surface area contributed by atoms with Crippen molar-refractivity contribution < 1.29 is 29.0 Å². The van der Waals surface area contributed by atoms with Crippen LogP contribution in [0.25, 0.3) is 0 Å². The van der Waals surface area contributed by atoms with E-state index in [0.29, 0.717) is 18.7 Å². The van der Waals surface area contributed by atoms with Gasteiger partial charge in [0.1, 0.15) is 18.0 Å². The Bertz CT molecular complexity index is 1430. The molecule has 0 saturated carbocycles. The second kappa shape index (κ2) is 13.6. The van der Waals surface area contributed by atoms with Crippen LogP contribution >= 0.6 is 0 Å². The molecule has 0 unspecified atom stereocenters. The molecule has 11 nitrogen and oxygen atoms in total. The number of carbonyl (C=O) groups excluding carboxylic acids is 3. The van der Waals surface area contributed by atoms with Crippen molar-refractivity contribution in [3.63, 3.8) is 0 Å². The number of piperazine rings is 1. The molecule has 3 aromatic carbocycles. The Hall–Kier alpha value is -4.90. The Kier molecular flexibility index (Phi) is 9.44. The summed E-state index contributed by atoms with van der Waals surface area (Å²) >= 11 is 0. The molecule has 44 heavy (non-hydrogen) atoms. The number of likely N-dealkylation sites (N-methyl/N-ethyl adjacent to an activating group) is 1. The molecule has 2 heterocycles. The lowest BCUT2D eigenvalue weighted by Gasteiger charge is -2.54. The molecule has 230 valence electrons. The maximum absolute atomic E-state index is 13.8. The standard InChI is InChI=1S/C33H37N5O6/c1-35-22-30(39)37-28(19-31(40)41)32(42)36(18-17-27(24-9-5-3-6-10-24)25-11-7-4-8-12-25)21-29(37)38(35)33(43)34-20-23-13-15-26(44-2)16-14-23/h3-16,27-29H,17-22H2,1-2H3,(H,34,43)(H,40,41)/t28-,29-/m0/s1. The van der Waals surface area contributed by atoms with Crippen LogP contribution < -0.4 is 10.1 Å². The van der Waals surface area contributed by atoms with E-state index in [4.69, 9.17) is 4.74 Å². The van der Waals surface area contributed by atoms with E-state index in [-0.39, 0.29) is 25.6 Å². The van der Waals surface area contributed by atoms with Crippen molar-refractivity contribution in [1.29, 1.82) is 0 Å². The molecule has 2 N–H and O–H groups in total. The van der Waals surface area contributed by atoms with Crippen molar-refractivity contribution in [3.8, 4) is 5.75 Å². The van der Waals surface area contributed by atoms with Gasteiger partial charge in [-0.2, -0.15) is 0 Å². The second-order valence-corrected chi connectivity index (χ2v) is 11.0. The van der Waals surface area contributed by atoms with Crippen LogP contribution in [0.15, 0.2) is 84.9 Å². The van der Waals surface area contributed by atoms with E-state index < -0.39 is 42.4 Å². The zero-order chi connectivity index (χ0) is 31.2. The number of fused-ring (bicyclic) bond motifs is 1. The Labute approximate surface area is 256 Å². The lowest BCUT2D eigenvalue weighted by molar-refractivity contribution is -0.188. The highest BCUT2D eigenvalue weighted by Crippen LogP contribution is 2.31. The van der Waals surface area contributed by atoms with E-state index in [1.807, 2.05) is 72.8 Å². The maximum Gasteiger partial charge on any atom is 0.334 e. The Balaban J connectivity index is 1.39. The predicted octanol–water partition coefficient (Wildman–Crippen LogP) is 3.13. The minimum Gasteiger partial charge on any atom is -0.497 e. The van der Waals surface area contributed by atoms with E-state index in [2.05, 4.69) is 5.32 Å². The first-order chi connectivity index (χ1) is 21.3. The van der Waals surface area contributed by atoms with Crippen molar-refractivity contribution in [2.75, 3.05) is 33.8 Å². The summed E-state index contributed by atoms with van der Waals surface area (Å²) in [6.07, 6.45) is -0.852. The zero-order valence-corrected chi connectivity index (χ0v) is 24.8. The van der Waals surface area contributed by atoms with Gasteiger partial charge in [-0.05, 0) is 35.2 Å². The average Bonchev–Trinajstić information content (AvgIpc) is 3.02. The number of nitrogens with one attached hydrogen (secondary N) is 1. The predicted molar refractivity (Wildman–Crippen MR) is 162 cm³/mol. The Morgan fingerprint density at radius 2 is 1.57 bits per heavy atom. The summed E-state index contributed by atoms with van der Waals surface area (Å²) in [5.41, 5.74) is 3.04. The number of methoxy groups -OCH3 is 1. The van der Waals surface area contributed by atoms with Crippen LogP contribution in [0.4, 0.5) is 4.79 Å². The molecule has 2 saturated heterocycles. The number of amides is 4. The summed E-state index contributed by atoms with van der Waals surface area (Å²) in [4.78, 5) is 55.5. The largest absolute Gasteiger partial charge is 0.497 e. The SMILES string of the molecule is COc1ccc(CNC(=O)N2[C@H]3CN(CCC(c4ccccc4)c4ccccc4)C(=O)[C@H](CC(=O)O)N3C(=O)CN2C)cc1. The molecular weight excluding hydrogens is 562 g/mol. The molecule has 2 aliphatic heterocycles. The fourth-order valence-corrected chi connectivity index (χ4v) is 6.06. The van der Waals surface area contributed by atoms with Gasteiger partial charge < -0.3 is 25.0 Å². The average molecular weight is 600 g/mol. The summed E-state index contributed by atoms with van der Waals surface area (Å²) in [6, 6.07) is 25.6. The van der Waals surface area contributed by atoms with Gasteiger partial charge >= 0.3 is 12.0 Å². The van der Waals surface area contributed by atoms with Crippen molar-refractivity contribution in [2.45, 2.75) is 37.5 Å². The number of benzene rings is 3. The summed E-state index contributed by atoms with van der Waals surface area (Å²) in [5.74, 6) is -1.34. The van der Waals surface area contributed by atoms with E-state index >= 15 is 0 Å². The molecule has 0 aliphatic carbocycles. The highest BCUT2D eigenvalue weighted by Gasteiger charge is 2.51. The molecular formula is C33H37N5O6. The topological polar surface area (TPSA) is 123 Å². The number of carboxylic acid groups (broad SMARTS) is 1. The van der Waals surface area contributed by atoms with Gasteiger partial charge in [-0.15, -0.1) is 0 Å². The summed E-state index contributed by atoms with van der Waals surface area (Å²) in [5, 5.41) is 15.6. The number of urea groups is 1. The summed E-state index contributed by atoms with van der Waals surface area (Å²) in [7, 11) is 3.21. The smallest absolute Gasteiger partial charge is 0.334 e. The normalized spacial score (nSPS) is 18.8. The van der Waals surface area contributed by atoms with Crippen molar-refractivity contribution >= 4 is 23.8 Å². The van der Waals surface area contributed by atoms with Crippen LogP contribution in [0.2, 0.25) is 0 Å². The van der Waals surface area contributed by atoms with Crippen molar-refractivity contribution in [3.05, 3.63) is 102 Å². The molecule has 5 rings (SSSR count). The number of aliphatic carboxylic acids is 1. The number of hydrogen-bond acceptors (Lipinski definition) is 6. The number of carboxylic acids is 1. The molecule has 0 aromatic heterocycles. The third kappa shape index (κ3) is 6.68. The first-order valence-corrected chi connectivity index (χ1v) is 14.6. The van der Waals surface area contributed by atoms with Gasteiger partial charge in [0.05, 0.1) is 26.6 Å². The fraction of sp³-hybridized carbons (Fsp3) is 0.333. The Morgan fingerprint density at radius 3 is 2.14 bits per heavy atom. The van der Waals surface area contributed by atoms with Gasteiger partial charge in [-0.1, -0.05) is 72.8 Å². The van der Waals surface area contributed by atoms with Crippen molar-refractivity contribution in [1.82, 2.24) is 25.1 Å². The van der Waals surface area contributed by atoms with Crippen LogP contribution in [0.1, 0.15) is 35.4 Å². The van der Waals surface area contributed by atoms with E-state index in [0.717, 1.165) is 16.7 Å². The first kappa shape index (κ1) is 30.6. The van der Waals surface area contributed by atoms with Gasteiger partial charge in [0.25, 0.3) is 0 Å². The number of hydrazine groups is 1. The number of rotatable bonds is 10. The van der Waals surface area contributed by atoms with Crippen LogP contribution in [0.5, 0.6) is 5.75 Å². The molecule has 3 aromatic rings. The lowest BCUT2D eigenvalue weighted by atomic mass is 9.88. The molecule has 0 bridgehead atoms. The second-order valence-electron chi connectivity index (χ2n) is 11.0. The molecule has 4 amide bonds. The lowest BCUT2D eigenvalue weighted by Crippen LogP contribution is -2.76. The summed E-state index contributed by atoms with van der Waals surface area (Å²) < 4.78 is 5.20. The van der Waals surface area contributed by atoms with Gasteiger partial charge in [0.2, 0.25) is 11.8 Å². The highest BCUT2D eigenvalue weighted by molar-refractivity contribution is 5.93. The van der Waals surface area contributed by atoms with Gasteiger partial charge in [0.15, 0.2) is 0 Å². The summed E-state index contributed by atoms with van der Waals surface area (Å²) in [6.45, 7) is 0.426. The Morgan fingerprint density at radius 1 is 0.955 bits per heavy atom. The first-order valence-electron chi connectivity index (χ1n) is 14.6. The number of ether oxygens (including phenoxy) is 1. The molecule has 0 radical (unpaired) electrons. The molecule has 11 heteroatoms. The zero-order valence-electron chi connectivity index (χ0n) is 24.8. The monoisotopic (exact) mass is 599 g/mol. The van der Waals surface area contributed by atoms with Gasteiger partial charge in [-0.25, -0.2) is 14.8 Å². The third-order valence-electron chi connectivity index (χ3n) is 8.21. The van der Waals surface area contributed by atoms with Crippen LogP contribution in [-0.4, -0.2) is 94.7 Å². The van der Waals surface area contributed by atoms with Crippen LogP contribution in [0, 0.1) is 0 Å². The van der Waals surface area contributed by atoms with Crippen LogP contribution in [-0.2, 0) is 20.9 Å². The third-order valence-corrected chi connectivity index (χ3v) is 8.21. The quantitative estimate of drug-likeness (QED) is 0.367. The maximum atomic E-state index is 13.8. The number of nitrogens with zero attached hydrogens (tertiary/aromatic N) is 4. The van der Waals surface area contributed by atoms with Gasteiger partial charge in [-0.3, -0.25) is 14.4 Å². The molecule has 2 fully saturated rings. The molecule has 0 spiro atoms. The highest BCUT2D eigenvalue weighted by atomic mass is 16.5. The van der Waals surface area contributed by atoms with E-state index in [1.165, 1.54) is 14.9 Å². The number of carbonyl (C=O) groups is 4. The fourth-order valence-electron chi connectivity index (χ4n) is 6.06. The minimum atomic E-state index is -1.23. The molecule has 2 atom stereocenters. The molecule has 2 aliphatic rings. The van der Waals surface area contributed by atoms with Gasteiger partial charge in [0, 0.05) is 26.1 Å². The number of hydrogen-bond donors (Lipinski definition) is 2.